The van der Waals surface area contributed by atoms with Crippen molar-refractivity contribution in [3.05, 3.63) is 48.6 Å². The number of hydrogen-bond acceptors (Lipinski definition) is 1. The second-order valence-electron chi connectivity index (χ2n) is 4.05. The molecule has 0 heterocycles. The minimum atomic E-state index is -4.68. The lowest BCUT2D eigenvalue weighted by Gasteiger charge is -2.35. The molecule has 4 heteroatoms. The maximum absolute atomic E-state index is 12.9. The SMILES string of the molecule is C=CCC(O)(C(C)c1ccccc1)C(F)(F)F. The molecule has 0 aliphatic rings. The Hall–Kier alpha value is -1.29. The van der Waals surface area contributed by atoms with Crippen molar-refractivity contribution in [1.29, 1.82) is 0 Å². The minimum absolute atomic E-state index is 0.453. The van der Waals surface area contributed by atoms with Gasteiger partial charge in [-0.15, -0.1) is 6.58 Å². The normalized spacial score (nSPS) is 17.2. The Morgan fingerprint density at radius 2 is 1.82 bits per heavy atom. The molecule has 1 aromatic rings. The molecule has 1 nitrogen and oxygen atoms in total. The van der Waals surface area contributed by atoms with Crippen LogP contribution in [0.4, 0.5) is 13.2 Å². The van der Waals surface area contributed by atoms with Gasteiger partial charge in [0.1, 0.15) is 0 Å². The Morgan fingerprint density at radius 3 is 2.24 bits per heavy atom. The highest BCUT2D eigenvalue weighted by atomic mass is 19.4. The Labute approximate surface area is 98.6 Å². The van der Waals surface area contributed by atoms with Crippen LogP contribution in [0.3, 0.4) is 0 Å². The van der Waals surface area contributed by atoms with Crippen LogP contribution >= 0.6 is 0 Å². The molecule has 17 heavy (non-hydrogen) atoms. The molecule has 1 N–H and O–H groups in total. The number of benzene rings is 1. The van der Waals surface area contributed by atoms with Crippen molar-refractivity contribution < 1.29 is 18.3 Å². The van der Waals surface area contributed by atoms with Crippen LogP contribution in [0.25, 0.3) is 0 Å². The zero-order valence-electron chi connectivity index (χ0n) is 9.54. The number of halogens is 3. The van der Waals surface area contributed by atoms with E-state index in [0.717, 1.165) is 6.08 Å². The van der Waals surface area contributed by atoms with Gasteiger partial charge in [-0.2, -0.15) is 13.2 Å². The van der Waals surface area contributed by atoms with E-state index in [9.17, 15) is 18.3 Å². The number of rotatable bonds is 4. The lowest BCUT2D eigenvalue weighted by Crippen LogP contribution is -2.48. The zero-order chi connectivity index (χ0) is 13.1. The summed E-state index contributed by atoms with van der Waals surface area (Å²) >= 11 is 0. The highest BCUT2D eigenvalue weighted by molar-refractivity contribution is 5.23. The molecule has 0 spiro atoms. The van der Waals surface area contributed by atoms with E-state index in [1.807, 2.05) is 0 Å². The molecule has 1 aromatic carbocycles. The fraction of sp³-hybridized carbons (Fsp3) is 0.385. The molecule has 2 unspecified atom stereocenters. The Kier molecular flexibility index (Phi) is 3.98. The summed E-state index contributed by atoms with van der Waals surface area (Å²) in [5.74, 6) is -1.04. The smallest absolute Gasteiger partial charge is 0.380 e. The molecule has 1 rings (SSSR count). The first-order chi connectivity index (χ1) is 7.83. The van der Waals surface area contributed by atoms with Gasteiger partial charge in [-0.05, 0) is 5.56 Å². The van der Waals surface area contributed by atoms with Crippen LogP contribution in [0.5, 0.6) is 0 Å². The molecule has 0 aromatic heterocycles. The van der Waals surface area contributed by atoms with Crippen LogP contribution in [0, 0.1) is 0 Å². The van der Waals surface area contributed by atoms with Gasteiger partial charge in [0.15, 0.2) is 5.60 Å². The second kappa shape index (κ2) is 4.92. The molecule has 0 bridgehead atoms. The predicted octanol–water partition coefficient (Wildman–Crippen LogP) is 3.66. The Balaban J connectivity index is 3.12. The second-order valence-corrected chi connectivity index (χ2v) is 4.05. The van der Waals surface area contributed by atoms with Gasteiger partial charge in [-0.3, -0.25) is 0 Å². The largest absolute Gasteiger partial charge is 0.418 e. The fourth-order valence-corrected chi connectivity index (χ4v) is 1.78. The molecule has 0 radical (unpaired) electrons. The van der Waals surface area contributed by atoms with Crippen LogP contribution in [0.15, 0.2) is 43.0 Å². The Bertz CT molecular complexity index is 372. The van der Waals surface area contributed by atoms with E-state index in [-0.39, 0.29) is 0 Å². The van der Waals surface area contributed by atoms with Crippen molar-refractivity contribution in [2.24, 2.45) is 0 Å². The van der Waals surface area contributed by atoms with Gasteiger partial charge in [0, 0.05) is 12.3 Å². The lowest BCUT2D eigenvalue weighted by atomic mass is 9.80. The van der Waals surface area contributed by atoms with Gasteiger partial charge in [-0.25, -0.2) is 0 Å². The first-order valence-electron chi connectivity index (χ1n) is 5.28. The summed E-state index contributed by atoms with van der Waals surface area (Å²) in [7, 11) is 0. The van der Waals surface area contributed by atoms with Gasteiger partial charge in [0.05, 0.1) is 0 Å². The van der Waals surface area contributed by atoms with Crippen molar-refractivity contribution >= 4 is 0 Å². The van der Waals surface area contributed by atoms with Gasteiger partial charge in [0.2, 0.25) is 0 Å². The van der Waals surface area contributed by atoms with Gasteiger partial charge >= 0.3 is 6.18 Å². The third-order valence-corrected chi connectivity index (χ3v) is 2.96. The van der Waals surface area contributed by atoms with Crippen LogP contribution in [-0.4, -0.2) is 16.9 Å². The van der Waals surface area contributed by atoms with E-state index < -0.39 is 24.1 Å². The quantitative estimate of drug-likeness (QED) is 0.801. The molecule has 0 saturated carbocycles. The maximum Gasteiger partial charge on any atom is 0.418 e. The van der Waals surface area contributed by atoms with Crippen LogP contribution < -0.4 is 0 Å². The first-order valence-corrected chi connectivity index (χ1v) is 5.28. The zero-order valence-corrected chi connectivity index (χ0v) is 9.54. The van der Waals surface area contributed by atoms with Crippen molar-refractivity contribution in [1.82, 2.24) is 0 Å². The summed E-state index contributed by atoms with van der Waals surface area (Å²) in [5.41, 5.74) is -2.31. The molecule has 0 aliphatic heterocycles. The highest BCUT2D eigenvalue weighted by Crippen LogP contribution is 2.43. The summed E-state index contributed by atoms with van der Waals surface area (Å²) in [6.07, 6.45) is -4.12. The summed E-state index contributed by atoms with van der Waals surface area (Å²) in [5, 5.41) is 9.87. The van der Waals surface area contributed by atoms with Crippen LogP contribution in [0.1, 0.15) is 24.8 Å². The molecular formula is C13H15F3O. The van der Waals surface area contributed by atoms with E-state index in [1.54, 1.807) is 30.3 Å². The van der Waals surface area contributed by atoms with E-state index in [1.165, 1.54) is 6.92 Å². The van der Waals surface area contributed by atoms with Crippen LogP contribution in [0.2, 0.25) is 0 Å². The summed E-state index contributed by atoms with van der Waals surface area (Å²) in [6.45, 7) is 4.64. The van der Waals surface area contributed by atoms with E-state index in [2.05, 4.69) is 6.58 Å². The highest BCUT2D eigenvalue weighted by Gasteiger charge is 2.56. The molecule has 94 valence electrons. The predicted molar refractivity (Wildman–Crippen MR) is 60.7 cm³/mol. The van der Waals surface area contributed by atoms with Crippen molar-refractivity contribution in [3.8, 4) is 0 Å². The van der Waals surface area contributed by atoms with Crippen molar-refractivity contribution in [3.63, 3.8) is 0 Å². The standard InChI is InChI=1S/C13H15F3O/c1-3-9-12(17,13(14,15)16)10(2)11-7-5-4-6-8-11/h3-8,10,17H,1,9H2,2H3. The molecule has 2 atom stereocenters. The van der Waals surface area contributed by atoms with Crippen molar-refractivity contribution in [2.45, 2.75) is 31.0 Å². The number of alkyl halides is 3. The van der Waals surface area contributed by atoms with Gasteiger partial charge in [0.25, 0.3) is 0 Å². The molecule has 0 aliphatic carbocycles. The average molecular weight is 244 g/mol. The monoisotopic (exact) mass is 244 g/mol. The lowest BCUT2D eigenvalue weighted by molar-refractivity contribution is -0.266. The third-order valence-electron chi connectivity index (χ3n) is 2.96. The van der Waals surface area contributed by atoms with Crippen molar-refractivity contribution in [2.75, 3.05) is 0 Å². The summed E-state index contributed by atoms with van der Waals surface area (Å²) in [4.78, 5) is 0. The van der Waals surface area contributed by atoms with Gasteiger partial charge < -0.3 is 5.11 Å². The number of hydrogen-bond donors (Lipinski definition) is 1. The molecule has 0 saturated heterocycles. The summed E-state index contributed by atoms with van der Waals surface area (Å²) < 4.78 is 38.8. The molecule has 0 fully saturated rings. The Morgan fingerprint density at radius 1 is 1.29 bits per heavy atom. The van der Waals surface area contributed by atoms with E-state index in [4.69, 9.17) is 0 Å². The maximum atomic E-state index is 12.9. The average Bonchev–Trinajstić information content (AvgIpc) is 2.28. The van der Waals surface area contributed by atoms with Gasteiger partial charge in [-0.1, -0.05) is 43.3 Å². The molecular weight excluding hydrogens is 229 g/mol. The summed E-state index contributed by atoms with van der Waals surface area (Å²) in [6, 6.07) is 8.17. The van der Waals surface area contributed by atoms with E-state index >= 15 is 0 Å². The number of aliphatic hydroxyl groups is 1. The first kappa shape index (κ1) is 13.8. The van der Waals surface area contributed by atoms with Crippen LogP contribution in [-0.2, 0) is 0 Å². The van der Waals surface area contributed by atoms with E-state index in [0.29, 0.717) is 5.56 Å². The minimum Gasteiger partial charge on any atom is -0.380 e. The topological polar surface area (TPSA) is 20.2 Å². The molecule has 0 amide bonds. The fourth-order valence-electron chi connectivity index (χ4n) is 1.78. The third kappa shape index (κ3) is 2.69.